The third-order valence-electron chi connectivity index (χ3n) is 3.91. The summed E-state index contributed by atoms with van der Waals surface area (Å²) in [4.78, 5) is 16.4. The number of carbonyl (C=O) groups is 1. The highest BCUT2D eigenvalue weighted by atomic mass is 16.2. The molecule has 2 N–H and O–H groups in total. The van der Waals surface area contributed by atoms with Crippen LogP contribution in [0, 0.1) is 0 Å². The second-order valence-electron chi connectivity index (χ2n) is 5.04. The van der Waals surface area contributed by atoms with E-state index in [1.807, 2.05) is 18.9 Å². The van der Waals surface area contributed by atoms with E-state index in [0.29, 0.717) is 12.5 Å². The average Bonchev–Trinajstić information content (AvgIpc) is 2.37. The molecule has 0 aromatic rings. The zero-order valence-electron chi connectivity index (χ0n) is 11.5. The Morgan fingerprint density at radius 3 is 2.47 bits per heavy atom. The van der Waals surface area contributed by atoms with Gasteiger partial charge < -0.3 is 15.5 Å². The number of nitrogens with two attached hydrogens (primary N) is 1. The molecule has 100 valence electrons. The third kappa shape index (κ3) is 4.28. The first-order valence-electron chi connectivity index (χ1n) is 6.82. The molecule has 1 aliphatic rings. The van der Waals surface area contributed by atoms with Crippen LogP contribution in [0.2, 0.25) is 0 Å². The average molecular weight is 241 g/mol. The Bertz CT molecular complexity index is 237. The molecule has 17 heavy (non-hydrogen) atoms. The van der Waals surface area contributed by atoms with Crippen LogP contribution in [0.1, 0.15) is 39.5 Å². The summed E-state index contributed by atoms with van der Waals surface area (Å²) in [5, 5.41) is 0. The van der Waals surface area contributed by atoms with Crippen molar-refractivity contribution in [3.8, 4) is 0 Å². The molecule has 0 aliphatic carbocycles. The monoisotopic (exact) mass is 241 g/mol. The Hall–Kier alpha value is -0.610. The van der Waals surface area contributed by atoms with E-state index < -0.39 is 0 Å². The van der Waals surface area contributed by atoms with Gasteiger partial charge in [0.25, 0.3) is 0 Å². The molecule has 1 unspecified atom stereocenters. The number of amides is 1. The van der Waals surface area contributed by atoms with Crippen LogP contribution in [0.3, 0.4) is 0 Å². The van der Waals surface area contributed by atoms with Crippen molar-refractivity contribution >= 4 is 5.91 Å². The number of rotatable bonds is 5. The Balaban J connectivity index is 2.37. The van der Waals surface area contributed by atoms with E-state index in [-0.39, 0.29) is 11.9 Å². The van der Waals surface area contributed by atoms with Crippen molar-refractivity contribution in [2.24, 2.45) is 5.73 Å². The van der Waals surface area contributed by atoms with Gasteiger partial charge in [-0.3, -0.25) is 4.79 Å². The lowest BCUT2D eigenvalue weighted by Crippen LogP contribution is -2.46. The summed E-state index contributed by atoms with van der Waals surface area (Å²) in [5.74, 6) is 0.203. The van der Waals surface area contributed by atoms with Crippen LogP contribution < -0.4 is 5.73 Å². The topological polar surface area (TPSA) is 49.6 Å². The van der Waals surface area contributed by atoms with Crippen molar-refractivity contribution in [2.75, 3.05) is 26.7 Å². The summed E-state index contributed by atoms with van der Waals surface area (Å²) in [6, 6.07) is 0.426. The van der Waals surface area contributed by atoms with Crippen molar-refractivity contribution in [3.05, 3.63) is 0 Å². The van der Waals surface area contributed by atoms with Crippen LogP contribution in [0.15, 0.2) is 0 Å². The molecule has 0 saturated carbocycles. The smallest absolute Gasteiger partial charge is 0.224 e. The SMILES string of the molecule is CCC(N)CC(=O)N(C)C1CCN(CC)CC1. The first-order chi connectivity index (χ1) is 8.08. The maximum atomic E-state index is 12.0. The third-order valence-corrected chi connectivity index (χ3v) is 3.91. The van der Waals surface area contributed by atoms with Gasteiger partial charge in [0.05, 0.1) is 0 Å². The minimum Gasteiger partial charge on any atom is -0.343 e. The van der Waals surface area contributed by atoms with Crippen molar-refractivity contribution in [1.82, 2.24) is 9.80 Å². The van der Waals surface area contributed by atoms with Crippen LogP contribution >= 0.6 is 0 Å². The number of piperidine rings is 1. The second kappa shape index (κ2) is 6.97. The summed E-state index contributed by atoms with van der Waals surface area (Å²) in [6.45, 7) is 7.55. The van der Waals surface area contributed by atoms with Gasteiger partial charge in [-0.15, -0.1) is 0 Å². The fourth-order valence-electron chi connectivity index (χ4n) is 2.34. The number of hydrogen-bond donors (Lipinski definition) is 1. The molecule has 0 radical (unpaired) electrons. The Morgan fingerprint density at radius 2 is 2.00 bits per heavy atom. The van der Waals surface area contributed by atoms with E-state index in [2.05, 4.69) is 11.8 Å². The summed E-state index contributed by atoms with van der Waals surface area (Å²) >= 11 is 0. The number of likely N-dealkylation sites (tertiary alicyclic amines) is 1. The number of carbonyl (C=O) groups excluding carboxylic acids is 1. The van der Waals surface area contributed by atoms with Crippen molar-refractivity contribution in [3.63, 3.8) is 0 Å². The van der Waals surface area contributed by atoms with Crippen LogP contribution in [-0.2, 0) is 4.79 Å². The molecule has 1 aliphatic heterocycles. The second-order valence-corrected chi connectivity index (χ2v) is 5.04. The van der Waals surface area contributed by atoms with E-state index in [4.69, 9.17) is 5.73 Å². The quantitative estimate of drug-likeness (QED) is 0.783. The predicted molar refractivity (Wildman–Crippen MR) is 70.8 cm³/mol. The minimum absolute atomic E-state index is 0.0145. The molecule has 0 bridgehead atoms. The number of hydrogen-bond acceptors (Lipinski definition) is 3. The molecule has 1 rings (SSSR count). The van der Waals surface area contributed by atoms with Gasteiger partial charge in [0.15, 0.2) is 0 Å². The Kier molecular flexibility index (Phi) is 5.92. The van der Waals surface area contributed by atoms with Crippen LogP contribution in [0.25, 0.3) is 0 Å². The van der Waals surface area contributed by atoms with Crippen LogP contribution in [0.5, 0.6) is 0 Å². The molecule has 4 heteroatoms. The highest BCUT2D eigenvalue weighted by Crippen LogP contribution is 2.16. The maximum Gasteiger partial charge on any atom is 0.224 e. The molecule has 1 heterocycles. The highest BCUT2D eigenvalue weighted by Gasteiger charge is 2.25. The van der Waals surface area contributed by atoms with E-state index in [1.54, 1.807) is 0 Å². The molecule has 0 aromatic carbocycles. The first kappa shape index (κ1) is 14.5. The molecule has 0 spiro atoms. The molecule has 1 amide bonds. The zero-order valence-corrected chi connectivity index (χ0v) is 11.5. The van der Waals surface area contributed by atoms with Gasteiger partial charge >= 0.3 is 0 Å². The maximum absolute atomic E-state index is 12.0. The molecule has 1 fully saturated rings. The molecular formula is C13H27N3O. The van der Waals surface area contributed by atoms with Crippen molar-refractivity contribution < 1.29 is 4.79 Å². The number of nitrogens with zero attached hydrogens (tertiary/aromatic N) is 2. The molecular weight excluding hydrogens is 214 g/mol. The summed E-state index contributed by atoms with van der Waals surface area (Å²) < 4.78 is 0. The zero-order chi connectivity index (χ0) is 12.8. The van der Waals surface area contributed by atoms with Gasteiger partial charge in [0.1, 0.15) is 0 Å². The van der Waals surface area contributed by atoms with Gasteiger partial charge in [0.2, 0.25) is 5.91 Å². The van der Waals surface area contributed by atoms with Crippen molar-refractivity contribution in [2.45, 2.75) is 51.6 Å². The molecule has 4 nitrogen and oxygen atoms in total. The van der Waals surface area contributed by atoms with Gasteiger partial charge in [-0.1, -0.05) is 13.8 Å². The molecule has 1 saturated heterocycles. The lowest BCUT2D eigenvalue weighted by atomic mass is 10.0. The lowest BCUT2D eigenvalue weighted by Gasteiger charge is -2.36. The van der Waals surface area contributed by atoms with Gasteiger partial charge in [-0.25, -0.2) is 0 Å². The standard InChI is InChI=1S/C13H27N3O/c1-4-11(14)10-13(17)15(3)12-6-8-16(5-2)9-7-12/h11-12H,4-10,14H2,1-3H3. The van der Waals surface area contributed by atoms with E-state index >= 15 is 0 Å². The first-order valence-corrected chi connectivity index (χ1v) is 6.82. The van der Waals surface area contributed by atoms with E-state index in [1.165, 1.54) is 0 Å². The fourth-order valence-corrected chi connectivity index (χ4v) is 2.34. The van der Waals surface area contributed by atoms with Gasteiger partial charge in [-0.2, -0.15) is 0 Å². The van der Waals surface area contributed by atoms with Crippen molar-refractivity contribution in [1.29, 1.82) is 0 Å². The summed E-state index contributed by atoms with van der Waals surface area (Å²) in [6.07, 6.45) is 3.55. The van der Waals surface area contributed by atoms with Gasteiger partial charge in [0, 0.05) is 38.6 Å². The Morgan fingerprint density at radius 1 is 1.41 bits per heavy atom. The summed E-state index contributed by atoms with van der Waals surface area (Å²) in [5.41, 5.74) is 5.83. The fraction of sp³-hybridized carbons (Fsp3) is 0.923. The summed E-state index contributed by atoms with van der Waals surface area (Å²) in [7, 11) is 1.93. The normalized spacial score (nSPS) is 20.2. The van der Waals surface area contributed by atoms with E-state index in [9.17, 15) is 4.79 Å². The lowest BCUT2D eigenvalue weighted by molar-refractivity contribution is -0.133. The predicted octanol–water partition coefficient (Wildman–Crippen LogP) is 1.06. The molecule has 0 aromatic heterocycles. The largest absolute Gasteiger partial charge is 0.343 e. The highest BCUT2D eigenvalue weighted by molar-refractivity contribution is 5.76. The van der Waals surface area contributed by atoms with Crippen LogP contribution in [-0.4, -0.2) is 54.5 Å². The van der Waals surface area contributed by atoms with Gasteiger partial charge in [-0.05, 0) is 25.8 Å². The minimum atomic E-state index is 0.0145. The van der Waals surface area contributed by atoms with E-state index in [0.717, 1.165) is 38.9 Å². The van der Waals surface area contributed by atoms with Crippen LogP contribution in [0.4, 0.5) is 0 Å². The Labute approximate surface area is 105 Å². The molecule has 1 atom stereocenters.